The molecule has 3 nitrogen and oxygen atoms in total. The van der Waals surface area contributed by atoms with Crippen molar-refractivity contribution in [3.8, 4) is 0 Å². The first-order valence-corrected chi connectivity index (χ1v) is 6.75. The van der Waals surface area contributed by atoms with Gasteiger partial charge in [0.05, 0.1) is 16.4 Å². The van der Waals surface area contributed by atoms with Crippen molar-refractivity contribution in [1.29, 1.82) is 0 Å². The molecule has 98 valence electrons. The summed E-state index contributed by atoms with van der Waals surface area (Å²) in [4.78, 5) is 13.9. The van der Waals surface area contributed by atoms with Crippen LogP contribution in [0.5, 0.6) is 0 Å². The molecule has 0 heterocycles. The van der Waals surface area contributed by atoms with Gasteiger partial charge in [-0.1, -0.05) is 23.7 Å². The van der Waals surface area contributed by atoms with E-state index in [1.54, 1.807) is 37.4 Å². The Morgan fingerprint density at radius 2 is 1.95 bits per heavy atom. The van der Waals surface area contributed by atoms with Gasteiger partial charge in [0.1, 0.15) is 0 Å². The maximum Gasteiger partial charge on any atom is 0.258 e. The second-order valence-electron chi connectivity index (χ2n) is 4.05. The Balaban J connectivity index is 2.34. The first-order chi connectivity index (χ1) is 9.00. The van der Waals surface area contributed by atoms with Crippen LogP contribution in [0.4, 0.5) is 11.4 Å². The molecular formula is C14H12BrClN2O. The molecule has 0 radical (unpaired) electrons. The van der Waals surface area contributed by atoms with Crippen LogP contribution in [0.25, 0.3) is 0 Å². The van der Waals surface area contributed by atoms with Gasteiger partial charge >= 0.3 is 0 Å². The molecular weight excluding hydrogens is 328 g/mol. The van der Waals surface area contributed by atoms with Crippen molar-refractivity contribution >= 4 is 44.8 Å². The Hall–Kier alpha value is -1.52. The fraction of sp³-hybridized carbons (Fsp3) is 0.0714. The molecule has 0 bridgehead atoms. The van der Waals surface area contributed by atoms with Crippen molar-refractivity contribution in [2.24, 2.45) is 0 Å². The van der Waals surface area contributed by atoms with Crippen LogP contribution in [0.2, 0.25) is 5.02 Å². The molecule has 0 aliphatic rings. The topological polar surface area (TPSA) is 46.3 Å². The molecule has 2 aromatic rings. The summed E-state index contributed by atoms with van der Waals surface area (Å²) in [6.45, 7) is 0. The normalized spacial score (nSPS) is 10.3. The number of nitrogen functional groups attached to an aromatic ring is 1. The van der Waals surface area contributed by atoms with Crippen LogP contribution in [0.15, 0.2) is 46.9 Å². The highest BCUT2D eigenvalue weighted by Gasteiger charge is 2.16. The van der Waals surface area contributed by atoms with Gasteiger partial charge in [-0.2, -0.15) is 0 Å². The lowest BCUT2D eigenvalue weighted by Gasteiger charge is -2.19. The van der Waals surface area contributed by atoms with E-state index in [9.17, 15) is 4.79 Å². The average molecular weight is 340 g/mol. The molecule has 0 fully saturated rings. The third kappa shape index (κ3) is 2.91. The van der Waals surface area contributed by atoms with Gasteiger partial charge in [0.15, 0.2) is 0 Å². The van der Waals surface area contributed by atoms with Gasteiger partial charge in [-0.3, -0.25) is 4.79 Å². The first-order valence-electron chi connectivity index (χ1n) is 5.58. The molecule has 2 aromatic carbocycles. The van der Waals surface area contributed by atoms with Crippen LogP contribution in [0.3, 0.4) is 0 Å². The molecule has 0 spiro atoms. The number of amides is 1. The van der Waals surface area contributed by atoms with Gasteiger partial charge in [-0.05, 0) is 46.3 Å². The highest BCUT2D eigenvalue weighted by atomic mass is 79.9. The van der Waals surface area contributed by atoms with Crippen LogP contribution in [-0.4, -0.2) is 13.0 Å². The second-order valence-corrected chi connectivity index (χ2v) is 5.31. The van der Waals surface area contributed by atoms with E-state index in [4.69, 9.17) is 17.3 Å². The van der Waals surface area contributed by atoms with Gasteiger partial charge in [-0.15, -0.1) is 0 Å². The SMILES string of the molecule is CN(C(=O)c1ccc(Cl)c(Br)c1)c1ccccc1N. The monoisotopic (exact) mass is 338 g/mol. The third-order valence-electron chi connectivity index (χ3n) is 2.77. The van der Waals surface area contributed by atoms with E-state index in [1.807, 2.05) is 12.1 Å². The van der Waals surface area contributed by atoms with Crippen molar-refractivity contribution < 1.29 is 4.79 Å². The van der Waals surface area contributed by atoms with E-state index in [0.29, 0.717) is 26.4 Å². The largest absolute Gasteiger partial charge is 0.397 e. The van der Waals surface area contributed by atoms with Crippen LogP contribution >= 0.6 is 27.5 Å². The second kappa shape index (κ2) is 5.63. The summed E-state index contributed by atoms with van der Waals surface area (Å²) >= 11 is 9.22. The summed E-state index contributed by atoms with van der Waals surface area (Å²) in [5.41, 5.74) is 7.65. The number of nitrogens with two attached hydrogens (primary N) is 1. The smallest absolute Gasteiger partial charge is 0.258 e. The minimum atomic E-state index is -0.143. The zero-order valence-electron chi connectivity index (χ0n) is 10.2. The first kappa shape index (κ1) is 13.9. The molecule has 0 atom stereocenters. The Morgan fingerprint density at radius 3 is 2.58 bits per heavy atom. The quantitative estimate of drug-likeness (QED) is 0.842. The number of carbonyl (C=O) groups excluding carboxylic acids is 1. The van der Waals surface area contributed by atoms with E-state index in [1.165, 1.54) is 4.90 Å². The minimum Gasteiger partial charge on any atom is -0.397 e. The van der Waals surface area contributed by atoms with E-state index < -0.39 is 0 Å². The van der Waals surface area contributed by atoms with Crippen molar-refractivity contribution in [2.45, 2.75) is 0 Å². The maximum absolute atomic E-state index is 12.4. The van der Waals surface area contributed by atoms with Crippen molar-refractivity contribution in [1.82, 2.24) is 0 Å². The molecule has 0 aromatic heterocycles. The lowest BCUT2D eigenvalue weighted by Crippen LogP contribution is -2.26. The predicted octanol–water partition coefficient (Wildman–Crippen LogP) is 3.96. The number of hydrogen-bond acceptors (Lipinski definition) is 2. The number of carbonyl (C=O) groups is 1. The molecule has 5 heteroatoms. The molecule has 0 unspecified atom stereocenters. The van der Waals surface area contributed by atoms with Gasteiger partial charge in [0.2, 0.25) is 0 Å². The van der Waals surface area contributed by atoms with Gasteiger partial charge in [-0.25, -0.2) is 0 Å². The lowest BCUT2D eigenvalue weighted by atomic mass is 10.2. The Labute approximate surface area is 125 Å². The predicted molar refractivity (Wildman–Crippen MR) is 82.7 cm³/mol. The van der Waals surface area contributed by atoms with E-state index in [0.717, 1.165) is 0 Å². The molecule has 2 rings (SSSR count). The summed E-state index contributed by atoms with van der Waals surface area (Å²) < 4.78 is 0.689. The average Bonchev–Trinajstić information content (AvgIpc) is 2.41. The highest BCUT2D eigenvalue weighted by Crippen LogP contribution is 2.26. The molecule has 19 heavy (non-hydrogen) atoms. The lowest BCUT2D eigenvalue weighted by molar-refractivity contribution is 0.0993. The maximum atomic E-state index is 12.4. The fourth-order valence-corrected chi connectivity index (χ4v) is 2.22. The van der Waals surface area contributed by atoms with Crippen LogP contribution in [0.1, 0.15) is 10.4 Å². The molecule has 2 N–H and O–H groups in total. The van der Waals surface area contributed by atoms with Gasteiger partial charge in [0.25, 0.3) is 5.91 Å². The van der Waals surface area contributed by atoms with Gasteiger partial charge < -0.3 is 10.6 Å². The molecule has 1 amide bonds. The molecule has 0 saturated carbocycles. The molecule has 0 saturated heterocycles. The number of benzene rings is 2. The standard InChI is InChI=1S/C14H12BrClN2O/c1-18(13-5-3-2-4-12(13)17)14(19)9-6-7-11(16)10(15)8-9/h2-8H,17H2,1H3. The summed E-state index contributed by atoms with van der Waals surface area (Å²) in [6, 6.07) is 12.3. The van der Waals surface area contributed by atoms with Crippen LogP contribution in [-0.2, 0) is 0 Å². The van der Waals surface area contributed by atoms with Gasteiger partial charge in [0, 0.05) is 17.1 Å². The molecule has 0 aliphatic carbocycles. The van der Waals surface area contributed by atoms with E-state index >= 15 is 0 Å². The summed E-state index contributed by atoms with van der Waals surface area (Å²) in [6.07, 6.45) is 0. The molecule has 0 aliphatic heterocycles. The zero-order chi connectivity index (χ0) is 14.0. The number of halogens is 2. The van der Waals surface area contributed by atoms with Crippen LogP contribution < -0.4 is 10.6 Å². The van der Waals surface area contributed by atoms with Crippen molar-refractivity contribution in [2.75, 3.05) is 17.7 Å². The van der Waals surface area contributed by atoms with E-state index in [2.05, 4.69) is 15.9 Å². The summed E-state index contributed by atoms with van der Waals surface area (Å²) in [5, 5.41) is 0.568. The van der Waals surface area contributed by atoms with Crippen molar-refractivity contribution in [3.63, 3.8) is 0 Å². The Morgan fingerprint density at radius 1 is 1.26 bits per heavy atom. The minimum absolute atomic E-state index is 0.143. The highest BCUT2D eigenvalue weighted by molar-refractivity contribution is 9.10. The van der Waals surface area contributed by atoms with Crippen molar-refractivity contribution in [3.05, 3.63) is 57.5 Å². The zero-order valence-corrected chi connectivity index (χ0v) is 12.6. The number of hydrogen-bond donors (Lipinski definition) is 1. The number of anilines is 2. The third-order valence-corrected chi connectivity index (χ3v) is 3.98. The van der Waals surface area contributed by atoms with E-state index in [-0.39, 0.29) is 5.91 Å². The Kier molecular flexibility index (Phi) is 4.12. The summed E-state index contributed by atoms with van der Waals surface area (Å²) in [7, 11) is 1.69. The summed E-state index contributed by atoms with van der Waals surface area (Å²) in [5.74, 6) is -0.143. The fourth-order valence-electron chi connectivity index (χ4n) is 1.73. The Bertz CT molecular complexity index is 631. The number of para-hydroxylation sites is 2. The number of nitrogens with zero attached hydrogens (tertiary/aromatic N) is 1. The van der Waals surface area contributed by atoms with Crippen LogP contribution in [0, 0.1) is 0 Å². The number of rotatable bonds is 2.